The molecule has 5 N–H and O–H groups in total. The number of nitrogens with one attached hydrogen (secondary N) is 1. The fourth-order valence-electron chi connectivity index (χ4n) is 1.67. The Balaban J connectivity index is 2.02. The van der Waals surface area contributed by atoms with E-state index in [1.807, 2.05) is 12.2 Å². The molecule has 0 aromatic carbocycles. The summed E-state index contributed by atoms with van der Waals surface area (Å²) in [4.78, 5) is 11.7. The smallest absolute Gasteiger partial charge is 0.229 e. The number of hydrogen-bond acceptors (Lipinski definition) is 6. The van der Waals surface area contributed by atoms with Gasteiger partial charge in [-0.2, -0.15) is 15.0 Å². The third kappa shape index (κ3) is 2.93. The summed E-state index contributed by atoms with van der Waals surface area (Å²) in [5.74, 6) is 0.674. The van der Waals surface area contributed by atoms with E-state index in [1.54, 1.807) is 0 Å². The highest BCUT2D eigenvalue weighted by Gasteiger charge is 2.21. The normalized spacial score (nSPS) is 22.6. The van der Waals surface area contributed by atoms with Crippen LogP contribution in [0.5, 0.6) is 0 Å². The van der Waals surface area contributed by atoms with E-state index in [2.05, 4.69) is 39.3 Å². The topological polar surface area (TPSA) is 103 Å². The van der Waals surface area contributed by atoms with Crippen molar-refractivity contribution >= 4 is 17.8 Å². The molecule has 0 fully saturated rings. The number of allylic oxidation sites excluding steroid dienone is 3. The van der Waals surface area contributed by atoms with E-state index >= 15 is 0 Å². The van der Waals surface area contributed by atoms with Gasteiger partial charge in [0, 0.05) is 12.0 Å². The number of nitrogen functional groups attached to an aromatic ring is 2. The molecule has 1 aromatic rings. The van der Waals surface area contributed by atoms with Crippen molar-refractivity contribution in [3.8, 4) is 0 Å². The van der Waals surface area contributed by atoms with Crippen molar-refractivity contribution < 1.29 is 0 Å². The van der Waals surface area contributed by atoms with Crippen LogP contribution in [0.3, 0.4) is 0 Å². The van der Waals surface area contributed by atoms with E-state index in [0.29, 0.717) is 5.95 Å². The van der Waals surface area contributed by atoms with Crippen LogP contribution < -0.4 is 16.8 Å². The lowest BCUT2D eigenvalue weighted by atomic mass is 9.84. The first-order valence-corrected chi connectivity index (χ1v) is 5.43. The van der Waals surface area contributed by atoms with E-state index in [9.17, 15) is 0 Å². The molecule has 0 amide bonds. The quantitative estimate of drug-likeness (QED) is 0.717. The van der Waals surface area contributed by atoms with Crippen LogP contribution in [-0.4, -0.2) is 21.5 Å². The molecule has 0 spiro atoms. The molecule has 0 bridgehead atoms. The minimum absolute atomic E-state index is 0.0604. The van der Waals surface area contributed by atoms with Gasteiger partial charge >= 0.3 is 0 Å². The second-order valence-electron chi connectivity index (χ2n) is 4.37. The average molecular weight is 232 g/mol. The second-order valence-corrected chi connectivity index (χ2v) is 4.37. The molecule has 90 valence electrons. The van der Waals surface area contributed by atoms with Gasteiger partial charge in [0.1, 0.15) is 0 Å². The largest absolute Gasteiger partial charge is 0.368 e. The Morgan fingerprint density at radius 2 is 1.94 bits per heavy atom. The van der Waals surface area contributed by atoms with Gasteiger partial charge in [0.15, 0.2) is 0 Å². The summed E-state index contributed by atoms with van der Waals surface area (Å²) in [5.41, 5.74) is 11.0. The van der Waals surface area contributed by atoms with E-state index in [4.69, 9.17) is 11.5 Å². The zero-order chi connectivity index (χ0) is 12.3. The lowest BCUT2D eigenvalue weighted by molar-refractivity contribution is 0.457. The zero-order valence-electron chi connectivity index (χ0n) is 9.72. The zero-order valence-corrected chi connectivity index (χ0v) is 9.72. The highest BCUT2D eigenvalue weighted by atomic mass is 15.2. The predicted octanol–water partition coefficient (Wildman–Crippen LogP) is 0.970. The number of aromatic nitrogens is 3. The standard InChI is InChI=1S/C11H16N6/c1-11(5-3-2-4-6-11)7-14-10-16-8(12)15-9(13)17-10/h2-5H,6-7H2,1H3,(H5,12,13,14,15,16,17). The van der Waals surface area contributed by atoms with Crippen molar-refractivity contribution in [3.63, 3.8) is 0 Å². The first kappa shape index (κ1) is 11.4. The fourth-order valence-corrected chi connectivity index (χ4v) is 1.67. The second kappa shape index (κ2) is 4.40. The monoisotopic (exact) mass is 232 g/mol. The molecule has 1 aliphatic rings. The molecule has 6 heteroatoms. The van der Waals surface area contributed by atoms with Gasteiger partial charge in [0.05, 0.1) is 0 Å². The Labute approximate surface area is 99.9 Å². The molecule has 1 unspecified atom stereocenters. The van der Waals surface area contributed by atoms with Crippen molar-refractivity contribution in [3.05, 3.63) is 24.3 Å². The Bertz CT molecular complexity index is 447. The summed E-state index contributed by atoms with van der Waals surface area (Å²) in [6.45, 7) is 2.88. The first-order valence-electron chi connectivity index (χ1n) is 5.43. The predicted molar refractivity (Wildman–Crippen MR) is 68.1 cm³/mol. The molecular weight excluding hydrogens is 216 g/mol. The molecule has 1 heterocycles. The first-order chi connectivity index (χ1) is 8.07. The molecule has 0 radical (unpaired) electrons. The summed E-state index contributed by atoms with van der Waals surface area (Å²) >= 11 is 0. The van der Waals surface area contributed by atoms with Crippen LogP contribution in [0.25, 0.3) is 0 Å². The van der Waals surface area contributed by atoms with Gasteiger partial charge in [-0.25, -0.2) is 0 Å². The molecule has 6 nitrogen and oxygen atoms in total. The molecule has 0 aliphatic heterocycles. The van der Waals surface area contributed by atoms with Crippen LogP contribution in [0, 0.1) is 5.41 Å². The van der Waals surface area contributed by atoms with Crippen molar-refractivity contribution in [1.82, 2.24) is 15.0 Å². The Hall–Kier alpha value is -2.11. The molecule has 0 saturated heterocycles. The van der Waals surface area contributed by atoms with Crippen LogP contribution in [0.4, 0.5) is 17.8 Å². The summed E-state index contributed by atoms with van der Waals surface area (Å²) in [6, 6.07) is 0. The summed E-state index contributed by atoms with van der Waals surface area (Å²) in [5, 5.41) is 3.13. The molecule has 1 aliphatic carbocycles. The van der Waals surface area contributed by atoms with E-state index < -0.39 is 0 Å². The van der Waals surface area contributed by atoms with Gasteiger partial charge in [-0.05, 0) is 6.42 Å². The van der Waals surface area contributed by atoms with E-state index in [0.717, 1.165) is 13.0 Å². The third-order valence-corrected chi connectivity index (χ3v) is 2.65. The highest BCUT2D eigenvalue weighted by Crippen LogP contribution is 2.26. The van der Waals surface area contributed by atoms with Crippen molar-refractivity contribution in [2.45, 2.75) is 13.3 Å². The molecule has 1 atom stereocenters. The van der Waals surface area contributed by atoms with Crippen LogP contribution in [0.15, 0.2) is 24.3 Å². The number of rotatable bonds is 3. The summed E-state index contributed by atoms with van der Waals surface area (Å²) in [7, 11) is 0. The molecular formula is C11H16N6. The summed E-state index contributed by atoms with van der Waals surface area (Å²) in [6.07, 6.45) is 9.36. The molecule has 1 aromatic heterocycles. The van der Waals surface area contributed by atoms with E-state index in [-0.39, 0.29) is 17.3 Å². The maximum atomic E-state index is 5.49. The molecule has 0 saturated carbocycles. The Morgan fingerprint density at radius 3 is 2.53 bits per heavy atom. The lowest BCUT2D eigenvalue weighted by Crippen LogP contribution is -2.25. The molecule has 2 rings (SSSR count). The van der Waals surface area contributed by atoms with Gasteiger partial charge in [-0.1, -0.05) is 31.2 Å². The van der Waals surface area contributed by atoms with Crippen LogP contribution in [0.1, 0.15) is 13.3 Å². The highest BCUT2D eigenvalue weighted by molar-refractivity contribution is 5.37. The van der Waals surface area contributed by atoms with Crippen molar-refractivity contribution in [1.29, 1.82) is 0 Å². The SMILES string of the molecule is CC1(CNc2nc(N)nc(N)n2)C=CC=CC1. The Kier molecular flexibility index (Phi) is 2.95. The lowest BCUT2D eigenvalue weighted by Gasteiger charge is -2.26. The fraction of sp³-hybridized carbons (Fsp3) is 0.364. The minimum Gasteiger partial charge on any atom is -0.368 e. The Morgan fingerprint density at radius 1 is 1.24 bits per heavy atom. The van der Waals surface area contributed by atoms with E-state index in [1.165, 1.54) is 0 Å². The number of nitrogens with zero attached hydrogens (tertiary/aromatic N) is 3. The minimum atomic E-state index is 0.0604. The van der Waals surface area contributed by atoms with Gasteiger partial charge in [0.2, 0.25) is 17.8 Å². The maximum absolute atomic E-state index is 5.49. The van der Waals surface area contributed by atoms with Crippen LogP contribution >= 0.6 is 0 Å². The number of hydrogen-bond donors (Lipinski definition) is 3. The number of anilines is 3. The third-order valence-electron chi connectivity index (χ3n) is 2.65. The maximum Gasteiger partial charge on any atom is 0.229 e. The van der Waals surface area contributed by atoms with Gasteiger partial charge in [-0.3, -0.25) is 0 Å². The summed E-state index contributed by atoms with van der Waals surface area (Å²) < 4.78 is 0. The molecule has 17 heavy (non-hydrogen) atoms. The van der Waals surface area contributed by atoms with Crippen molar-refractivity contribution in [2.24, 2.45) is 5.41 Å². The van der Waals surface area contributed by atoms with Crippen LogP contribution in [0.2, 0.25) is 0 Å². The van der Waals surface area contributed by atoms with Crippen LogP contribution in [-0.2, 0) is 0 Å². The average Bonchev–Trinajstić information content (AvgIpc) is 2.26. The van der Waals surface area contributed by atoms with Crippen molar-refractivity contribution in [2.75, 3.05) is 23.3 Å². The van der Waals surface area contributed by atoms with Gasteiger partial charge in [-0.15, -0.1) is 0 Å². The van der Waals surface area contributed by atoms with Gasteiger partial charge < -0.3 is 16.8 Å². The van der Waals surface area contributed by atoms with Gasteiger partial charge in [0.25, 0.3) is 0 Å². The number of nitrogens with two attached hydrogens (primary N) is 2.